The van der Waals surface area contributed by atoms with Crippen LogP contribution in [-0.2, 0) is 32.2 Å². The van der Waals surface area contributed by atoms with E-state index in [2.05, 4.69) is 0 Å². The first kappa shape index (κ1) is 6.81. The fourth-order valence-corrected chi connectivity index (χ4v) is 91.6. The van der Waals surface area contributed by atoms with Gasteiger partial charge in [0.25, 0.3) is 0 Å². The zero-order valence-corrected chi connectivity index (χ0v) is 11.2. The standard InChI is InChI=1S/C6H7O.C5H5.Fe.2O.Ti/c7-5-6-3-1-2-4-6;1-2-4-5-3-1;;;;/h1-4,7H,5H2;1-5H;;;;. The summed E-state index contributed by atoms with van der Waals surface area (Å²) in [6.45, 7) is -2.07. The molecule has 0 aromatic carbocycles. The quantitative estimate of drug-likeness (QED) is 0.756. The zero-order valence-electron chi connectivity index (χ0n) is 8.52. The minimum atomic E-state index is -2.75. The molecule has 0 amide bonds. The average molecular weight is 296 g/mol. The molecule has 0 aromatic rings. The third-order valence-electron chi connectivity index (χ3n) is 15.2. The number of hydrogen-bond donors (Lipinski definition) is 1. The van der Waals surface area contributed by atoms with Crippen LogP contribution in [0.25, 0.3) is 0 Å². The van der Waals surface area contributed by atoms with Gasteiger partial charge in [-0.25, -0.2) is 0 Å². The average Bonchev–Trinajstić information content (AvgIpc) is 3.24. The molecule has 10 fully saturated rings. The predicted octanol–water partition coefficient (Wildman–Crippen LogP) is 2.50. The van der Waals surface area contributed by atoms with Crippen LogP contribution in [0, 0.1) is 0 Å². The third-order valence-corrected chi connectivity index (χ3v) is 58.2. The van der Waals surface area contributed by atoms with E-state index in [1.54, 1.807) is 0 Å². The van der Waals surface area contributed by atoms with Gasteiger partial charge in [-0.1, -0.05) is 0 Å². The normalized spacial score (nSPS) is 124. The Kier molecular flexibility index (Phi) is 0.226. The molecule has 0 saturated carbocycles. The second-order valence-electron chi connectivity index (χ2n) is 10.1. The maximum atomic E-state index is 9.90. The van der Waals surface area contributed by atoms with Crippen molar-refractivity contribution in [3.63, 3.8) is 0 Å². The van der Waals surface area contributed by atoms with Crippen LogP contribution in [0.5, 0.6) is 0 Å². The van der Waals surface area contributed by atoms with Gasteiger partial charge < -0.3 is 0 Å². The van der Waals surface area contributed by atoms with Crippen LogP contribution < -0.4 is 0 Å². The van der Waals surface area contributed by atoms with Gasteiger partial charge in [0.1, 0.15) is 0 Å². The van der Waals surface area contributed by atoms with E-state index >= 15 is 0 Å². The molecule has 10 heterocycles. The van der Waals surface area contributed by atoms with E-state index in [-0.39, 0.29) is 0 Å². The number of aliphatic hydroxyl groups is 1. The summed E-state index contributed by atoms with van der Waals surface area (Å²) in [5.74, 6) is 0. The number of aliphatic hydroxyl groups excluding tert-OH is 1. The topological polar surface area (TPSA) is 54.4 Å². The van der Waals surface area contributed by atoms with Crippen molar-refractivity contribution in [1.82, 2.24) is 0 Å². The van der Waals surface area contributed by atoms with Crippen LogP contribution in [0.15, 0.2) is 0 Å². The third kappa shape index (κ3) is 0.0599. The molecule has 1 spiro atoms. The number of hydrogen-bond acceptors (Lipinski definition) is 3. The second-order valence-corrected chi connectivity index (χ2v) is 34.0. The Morgan fingerprint density at radius 3 is 1.38 bits per heavy atom. The zero-order chi connectivity index (χ0) is 10.4. The molecule has 10 aliphatic heterocycles. The first-order valence-electron chi connectivity index (χ1n) is 6.34. The van der Waals surface area contributed by atoms with Crippen molar-refractivity contribution < 1.29 is 37.4 Å². The molecular formula is C11H12FeO3Ti. The molecule has 10 saturated heterocycles. The van der Waals surface area contributed by atoms with Crippen LogP contribution in [0.4, 0.5) is 0 Å². The summed E-state index contributed by atoms with van der Waals surface area (Å²) in [5, 5.41) is 9.90. The first-order valence-corrected chi connectivity index (χ1v) is 13.9. The maximum absolute atomic E-state index is 9.90. The van der Waals surface area contributed by atoms with Gasteiger partial charge in [-0.2, -0.15) is 0 Å². The van der Waals surface area contributed by atoms with Gasteiger partial charge >= 0.3 is 91.6 Å². The van der Waals surface area contributed by atoms with E-state index in [9.17, 15) is 5.11 Å². The van der Waals surface area contributed by atoms with Crippen LogP contribution in [0.2, 0.25) is 47.7 Å². The molecule has 0 aliphatic carbocycles. The Labute approximate surface area is 91.2 Å². The molecule has 4 atom stereocenters. The van der Waals surface area contributed by atoms with E-state index in [1.807, 2.05) is 0 Å². The van der Waals surface area contributed by atoms with Crippen LogP contribution >= 0.6 is 0 Å². The van der Waals surface area contributed by atoms with Gasteiger partial charge in [-0.15, -0.1) is 0 Å². The summed E-state index contributed by atoms with van der Waals surface area (Å²) in [6.07, 6.45) is 0. The molecular weight excluding hydrogens is 284 g/mol. The summed E-state index contributed by atoms with van der Waals surface area (Å²) in [7, 11) is 0. The molecule has 10 rings (SSSR count). The Morgan fingerprint density at radius 2 is 1.31 bits per heavy atom. The molecule has 4 unspecified atom stereocenters. The van der Waals surface area contributed by atoms with Gasteiger partial charge in [0.15, 0.2) is 0 Å². The molecule has 0 bridgehead atoms. The van der Waals surface area contributed by atoms with Gasteiger partial charge in [0, 0.05) is 0 Å². The van der Waals surface area contributed by atoms with Crippen molar-refractivity contribution in [2.45, 2.75) is 47.7 Å². The monoisotopic (exact) mass is 296 g/mol. The summed E-state index contributed by atoms with van der Waals surface area (Å²) in [6, 6.07) is 0. The van der Waals surface area contributed by atoms with Crippen LogP contribution in [0.3, 0.4) is 0 Å². The van der Waals surface area contributed by atoms with E-state index in [4.69, 9.17) is 6.65 Å². The first-order chi connectivity index (χ1) is 7.52. The van der Waals surface area contributed by atoms with Gasteiger partial charge in [-0.3, -0.25) is 0 Å². The van der Waals surface area contributed by atoms with Gasteiger partial charge in [-0.05, 0) is 0 Å². The summed E-state index contributed by atoms with van der Waals surface area (Å²) in [4.78, 5) is 12.4. The SMILES string of the molecule is OC[C]12[CH]3[CH]4[CH]5[CH]1[Fe]45321678[CH]2[CH]1[CH]6[CH]7[CH]28.[O]=[Ti]=[O]. The van der Waals surface area contributed by atoms with E-state index in [1.165, 1.54) is 43.3 Å². The molecule has 86 valence electrons. The van der Waals surface area contributed by atoms with Crippen LogP contribution in [-0.4, -0.2) is 11.7 Å². The molecule has 5 heteroatoms. The molecule has 16 heavy (non-hydrogen) atoms. The Bertz CT molecular complexity index is 865. The van der Waals surface area contributed by atoms with E-state index in [0.29, 0.717) is 6.61 Å². The van der Waals surface area contributed by atoms with Crippen molar-refractivity contribution in [1.29, 1.82) is 0 Å². The van der Waals surface area contributed by atoms with E-state index < -0.39 is 25.6 Å². The van der Waals surface area contributed by atoms with Crippen molar-refractivity contribution in [2.24, 2.45) is 0 Å². The Morgan fingerprint density at radius 1 is 0.938 bits per heavy atom. The molecule has 0 radical (unpaired) electrons. The van der Waals surface area contributed by atoms with Gasteiger partial charge in [0.05, 0.1) is 0 Å². The summed E-state index contributed by atoms with van der Waals surface area (Å²) >= 11 is -2.00. The minimum absolute atomic E-state index is 0.681. The predicted molar refractivity (Wildman–Crippen MR) is 44.9 cm³/mol. The summed E-state index contributed by atoms with van der Waals surface area (Å²) in [5.41, 5.74) is 0. The Balaban J connectivity index is 0.000000180. The van der Waals surface area contributed by atoms with Crippen molar-refractivity contribution in [2.75, 3.05) is 6.61 Å². The number of fused-ring (bicyclic) bond motifs is 10. The molecule has 0 aromatic heterocycles. The van der Waals surface area contributed by atoms with Crippen molar-refractivity contribution in [3.8, 4) is 0 Å². The van der Waals surface area contributed by atoms with Gasteiger partial charge in [0.2, 0.25) is 0 Å². The fraction of sp³-hybridized carbons (Fsp3) is 1.00. The Hall–Kier alpha value is 0.794. The van der Waals surface area contributed by atoms with Crippen molar-refractivity contribution >= 4 is 0 Å². The summed E-state index contributed by atoms with van der Waals surface area (Å²) < 4.78 is 17.8. The van der Waals surface area contributed by atoms with Crippen molar-refractivity contribution in [3.05, 3.63) is 0 Å². The fourth-order valence-electron chi connectivity index (χ4n) is 17.1. The van der Waals surface area contributed by atoms with Crippen LogP contribution in [0.1, 0.15) is 0 Å². The second kappa shape index (κ2) is 0.530. The molecule has 3 nitrogen and oxygen atoms in total. The molecule has 1 N–H and O–H groups in total. The number of rotatable bonds is 1. The molecule has 10 aliphatic rings. The van der Waals surface area contributed by atoms with E-state index in [0.717, 1.165) is 4.31 Å².